The lowest BCUT2D eigenvalue weighted by atomic mass is 10.1. The number of carbonyl (C=O) groups is 2. The van der Waals surface area contributed by atoms with E-state index in [-0.39, 0.29) is 5.91 Å². The number of aromatic nitrogens is 1. The molecule has 1 amide bonds. The number of rotatable bonds is 5. The fourth-order valence-corrected chi connectivity index (χ4v) is 1.65. The van der Waals surface area contributed by atoms with Crippen molar-refractivity contribution < 1.29 is 14.7 Å². The fraction of sp³-hybridized carbons (Fsp3) is 0.455. The van der Waals surface area contributed by atoms with Crippen LogP contribution in [-0.2, 0) is 16.1 Å². The minimum Gasteiger partial charge on any atom is -0.480 e. The molecule has 86 valence electrons. The maximum atomic E-state index is 11.6. The standard InChI is InChI=1S/C11H14N2O3/c14-9(11(3-4-11)10(15)16)12-5-8-13-6-1-2-7-13/h1-2,6-7H,3-5,8H2,(H,12,14)(H,15,16). The number of carboxylic acid groups (broad SMARTS) is 1. The van der Waals surface area contributed by atoms with Gasteiger partial charge in [0.05, 0.1) is 0 Å². The average molecular weight is 222 g/mol. The van der Waals surface area contributed by atoms with Gasteiger partial charge in [-0.1, -0.05) is 0 Å². The molecule has 1 fully saturated rings. The zero-order valence-electron chi connectivity index (χ0n) is 8.85. The van der Waals surface area contributed by atoms with Crippen molar-refractivity contribution in [2.75, 3.05) is 6.54 Å². The van der Waals surface area contributed by atoms with E-state index in [1.54, 1.807) is 0 Å². The van der Waals surface area contributed by atoms with Crippen LogP contribution in [0.2, 0.25) is 0 Å². The maximum Gasteiger partial charge on any atom is 0.319 e. The van der Waals surface area contributed by atoms with Crippen molar-refractivity contribution >= 4 is 11.9 Å². The topological polar surface area (TPSA) is 71.3 Å². The second-order valence-electron chi connectivity index (χ2n) is 4.06. The molecule has 0 atom stereocenters. The first kappa shape index (κ1) is 10.7. The van der Waals surface area contributed by atoms with Gasteiger partial charge in [0.2, 0.25) is 5.91 Å². The van der Waals surface area contributed by atoms with E-state index in [1.807, 2.05) is 29.1 Å². The Morgan fingerprint density at radius 3 is 2.44 bits per heavy atom. The number of aliphatic carboxylic acids is 1. The van der Waals surface area contributed by atoms with Crippen molar-refractivity contribution in [1.82, 2.24) is 9.88 Å². The van der Waals surface area contributed by atoms with Gasteiger partial charge >= 0.3 is 5.97 Å². The first-order chi connectivity index (χ1) is 7.65. The number of carboxylic acids is 1. The van der Waals surface area contributed by atoms with Crippen molar-refractivity contribution in [2.24, 2.45) is 5.41 Å². The first-order valence-electron chi connectivity index (χ1n) is 5.28. The highest BCUT2D eigenvalue weighted by Gasteiger charge is 2.56. The van der Waals surface area contributed by atoms with Gasteiger partial charge in [-0.3, -0.25) is 9.59 Å². The van der Waals surface area contributed by atoms with Crippen LogP contribution in [-0.4, -0.2) is 28.1 Å². The number of hydrogen-bond donors (Lipinski definition) is 2. The van der Waals surface area contributed by atoms with Crippen LogP contribution >= 0.6 is 0 Å². The first-order valence-corrected chi connectivity index (χ1v) is 5.28. The number of nitrogens with one attached hydrogen (secondary N) is 1. The Morgan fingerprint density at radius 2 is 1.94 bits per heavy atom. The van der Waals surface area contributed by atoms with Gasteiger partial charge in [0.25, 0.3) is 0 Å². The van der Waals surface area contributed by atoms with E-state index in [1.165, 1.54) is 0 Å². The lowest BCUT2D eigenvalue weighted by Gasteiger charge is -2.10. The highest BCUT2D eigenvalue weighted by atomic mass is 16.4. The van der Waals surface area contributed by atoms with Gasteiger partial charge in [-0.2, -0.15) is 0 Å². The van der Waals surface area contributed by atoms with E-state index >= 15 is 0 Å². The minimum absolute atomic E-state index is 0.354. The molecule has 0 aromatic carbocycles. The van der Waals surface area contributed by atoms with Crippen LogP contribution in [0.5, 0.6) is 0 Å². The third kappa shape index (κ3) is 1.93. The van der Waals surface area contributed by atoms with Crippen LogP contribution in [0.15, 0.2) is 24.5 Å². The molecule has 5 nitrogen and oxygen atoms in total. The van der Waals surface area contributed by atoms with Crippen molar-refractivity contribution in [3.63, 3.8) is 0 Å². The molecule has 1 aromatic rings. The maximum absolute atomic E-state index is 11.6. The van der Waals surface area contributed by atoms with Crippen LogP contribution < -0.4 is 5.32 Å². The zero-order valence-corrected chi connectivity index (χ0v) is 8.85. The van der Waals surface area contributed by atoms with E-state index < -0.39 is 11.4 Å². The van der Waals surface area contributed by atoms with Crippen molar-refractivity contribution in [2.45, 2.75) is 19.4 Å². The Bertz CT molecular complexity index is 393. The van der Waals surface area contributed by atoms with E-state index in [0.29, 0.717) is 25.9 Å². The quantitative estimate of drug-likeness (QED) is 0.711. The molecule has 2 rings (SSSR count). The molecule has 1 aromatic heterocycles. The summed E-state index contributed by atoms with van der Waals surface area (Å²) < 4.78 is 1.93. The lowest BCUT2D eigenvalue weighted by molar-refractivity contribution is -0.149. The second-order valence-corrected chi connectivity index (χ2v) is 4.06. The Kier molecular flexibility index (Phi) is 2.68. The molecule has 1 heterocycles. The number of nitrogens with zero attached hydrogens (tertiary/aromatic N) is 1. The van der Waals surface area contributed by atoms with Gasteiger partial charge < -0.3 is 15.0 Å². The summed E-state index contributed by atoms with van der Waals surface area (Å²) in [6.45, 7) is 1.12. The van der Waals surface area contributed by atoms with Gasteiger partial charge in [0.1, 0.15) is 5.41 Å². The molecular weight excluding hydrogens is 208 g/mol. The summed E-state index contributed by atoms with van der Waals surface area (Å²) in [4.78, 5) is 22.4. The summed E-state index contributed by atoms with van der Waals surface area (Å²) in [6, 6.07) is 3.81. The molecule has 2 N–H and O–H groups in total. The summed E-state index contributed by atoms with van der Waals surface area (Å²) in [5.74, 6) is -1.36. The summed E-state index contributed by atoms with van der Waals surface area (Å²) in [5.41, 5.74) is -1.13. The zero-order chi connectivity index (χ0) is 11.6. The van der Waals surface area contributed by atoms with Crippen LogP contribution in [0.3, 0.4) is 0 Å². The van der Waals surface area contributed by atoms with Gasteiger partial charge in [-0.25, -0.2) is 0 Å². The third-order valence-electron chi connectivity index (χ3n) is 2.92. The highest BCUT2D eigenvalue weighted by molar-refractivity contribution is 6.04. The predicted octanol–water partition coefficient (Wildman–Crippen LogP) is 0.469. The SMILES string of the molecule is O=C(O)C1(C(=O)NCCn2cccc2)CC1. The fourth-order valence-electron chi connectivity index (χ4n) is 1.65. The van der Waals surface area contributed by atoms with Crippen molar-refractivity contribution in [1.29, 1.82) is 0 Å². The Hall–Kier alpha value is -1.78. The summed E-state index contributed by atoms with van der Waals surface area (Å²) >= 11 is 0. The van der Waals surface area contributed by atoms with Crippen LogP contribution in [0.4, 0.5) is 0 Å². The van der Waals surface area contributed by atoms with E-state index in [2.05, 4.69) is 5.32 Å². The molecule has 5 heteroatoms. The Labute approximate surface area is 93.1 Å². The predicted molar refractivity (Wildman–Crippen MR) is 56.7 cm³/mol. The van der Waals surface area contributed by atoms with Gasteiger partial charge in [-0.15, -0.1) is 0 Å². The number of carbonyl (C=O) groups excluding carboxylic acids is 1. The highest BCUT2D eigenvalue weighted by Crippen LogP contribution is 2.45. The van der Waals surface area contributed by atoms with E-state index in [0.717, 1.165) is 0 Å². The van der Waals surface area contributed by atoms with Gasteiger partial charge in [-0.05, 0) is 25.0 Å². The van der Waals surface area contributed by atoms with Crippen molar-refractivity contribution in [3.05, 3.63) is 24.5 Å². The molecule has 0 unspecified atom stereocenters. The molecular formula is C11H14N2O3. The molecule has 1 aliphatic carbocycles. The molecule has 1 saturated carbocycles. The molecule has 0 radical (unpaired) electrons. The van der Waals surface area contributed by atoms with Crippen molar-refractivity contribution in [3.8, 4) is 0 Å². The minimum atomic E-state index is -1.13. The molecule has 0 saturated heterocycles. The molecule has 16 heavy (non-hydrogen) atoms. The van der Waals surface area contributed by atoms with Crippen LogP contribution in [0.25, 0.3) is 0 Å². The van der Waals surface area contributed by atoms with Gasteiger partial charge in [0.15, 0.2) is 0 Å². The van der Waals surface area contributed by atoms with E-state index in [4.69, 9.17) is 5.11 Å². The van der Waals surface area contributed by atoms with Crippen LogP contribution in [0.1, 0.15) is 12.8 Å². The Balaban J connectivity index is 1.79. The monoisotopic (exact) mass is 222 g/mol. The van der Waals surface area contributed by atoms with Gasteiger partial charge in [0, 0.05) is 25.5 Å². The number of hydrogen-bond acceptors (Lipinski definition) is 2. The normalized spacial score (nSPS) is 16.8. The van der Waals surface area contributed by atoms with E-state index in [9.17, 15) is 9.59 Å². The average Bonchev–Trinajstić information content (AvgIpc) is 2.92. The number of amides is 1. The summed E-state index contributed by atoms with van der Waals surface area (Å²) in [5, 5.41) is 11.6. The smallest absolute Gasteiger partial charge is 0.319 e. The molecule has 0 spiro atoms. The second kappa shape index (κ2) is 4.00. The summed E-state index contributed by atoms with van der Waals surface area (Å²) in [6.07, 6.45) is 4.71. The lowest BCUT2D eigenvalue weighted by Crippen LogP contribution is -2.38. The molecule has 1 aliphatic rings. The van der Waals surface area contributed by atoms with Crippen LogP contribution in [0, 0.1) is 5.41 Å². The molecule has 0 aliphatic heterocycles. The third-order valence-corrected chi connectivity index (χ3v) is 2.92. The summed E-state index contributed by atoms with van der Waals surface area (Å²) in [7, 11) is 0. The molecule has 0 bridgehead atoms. The Morgan fingerprint density at radius 1 is 1.31 bits per heavy atom. The largest absolute Gasteiger partial charge is 0.480 e.